The number of allylic oxidation sites excluding steroid dienone is 2. The summed E-state index contributed by atoms with van der Waals surface area (Å²) in [5, 5.41) is 0. The van der Waals surface area contributed by atoms with Crippen LogP contribution in [0.25, 0.3) is 0 Å². The van der Waals surface area contributed by atoms with Crippen molar-refractivity contribution in [3.05, 3.63) is 23.9 Å². The third kappa shape index (κ3) is 4.46. The van der Waals surface area contributed by atoms with E-state index < -0.39 is 24.3 Å². The van der Waals surface area contributed by atoms with E-state index in [-0.39, 0.29) is 12.3 Å². The zero-order chi connectivity index (χ0) is 14.6. The Morgan fingerprint density at radius 1 is 1.58 bits per heavy atom. The van der Waals surface area contributed by atoms with Gasteiger partial charge in [0.1, 0.15) is 6.04 Å². The SMILES string of the molecule is CCC(C(N)=O)N1C=C(CC(C)(F)F)C=CCC1=O. The van der Waals surface area contributed by atoms with Crippen molar-refractivity contribution in [1.82, 2.24) is 4.90 Å². The number of amides is 2. The smallest absolute Gasteiger partial charge is 0.249 e. The molecule has 1 heterocycles. The van der Waals surface area contributed by atoms with E-state index in [2.05, 4.69) is 0 Å². The number of hydrogen-bond acceptors (Lipinski definition) is 2. The number of hydrogen-bond donors (Lipinski definition) is 1. The van der Waals surface area contributed by atoms with Crippen LogP contribution in [-0.2, 0) is 9.59 Å². The topological polar surface area (TPSA) is 63.4 Å². The van der Waals surface area contributed by atoms with Crippen LogP contribution in [0.2, 0.25) is 0 Å². The number of carbonyl (C=O) groups excluding carboxylic acids is 2. The first-order valence-electron chi connectivity index (χ1n) is 6.10. The van der Waals surface area contributed by atoms with Gasteiger partial charge in [0.15, 0.2) is 0 Å². The highest BCUT2D eigenvalue weighted by Gasteiger charge is 2.28. The monoisotopic (exact) mass is 272 g/mol. The molecular formula is C13H18F2N2O2. The van der Waals surface area contributed by atoms with E-state index in [0.717, 1.165) is 6.92 Å². The fraction of sp³-hybridized carbons (Fsp3) is 0.538. The molecule has 0 radical (unpaired) electrons. The lowest BCUT2D eigenvalue weighted by Crippen LogP contribution is -2.44. The number of nitrogens with zero attached hydrogens (tertiary/aromatic N) is 1. The fourth-order valence-electron chi connectivity index (χ4n) is 1.97. The Morgan fingerprint density at radius 3 is 2.68 bits per heavy atom. The van der Waals surface area contributed by atoms with Gasteiger partial charge in [-0.25, -0.2) is 8.78 Å². The Labute approximate surface area is 110 Å². The first-order valence-corrected chi connectivity index (χ1v) is 6.10. The van der Waals surface area contributed by atoms with Crippen LogP contribution in [0.4, 0.5) is 8.78 Å². The van der Waals surface area contributed by atoms with Gasteiger partial charge >= 0.3 is 0 Å². The Morgan fingerprint density at radius 2 is 2.21 bits per heavy atom. The molecule has 1 atom stereocenters. The molecule has 1 aliphatic rings. The molecule has 1 rings (SSSR count). The zero-order valence-corrected chi connectivity index (χ0v) is 11.0. The van der Waals surface area contributed by atoms with Crippen molar-refractivity contribution in [2.45, 2.75) is 45.1 Å². The lowest BCUT2D eigenvalue weighted by atomic mass is 10.1. The summed E-state index contributed by atoms with van der Waals surface area (Å²) in [6.07, 6.45) is 4.24. The van der Waals surface area contributed by atoms with Gasteiger partial charge in [0.2, 0.25) is 17.7 Å². The van der Waals surface area contributed by atoms with Crippen LogP contribution >= 0.6 is 0 Å². The van der Waals surface area contributed by atoms with Crippen molar-refractivity contribution in [2.24, 2.45) is 5.73 Å². The number of alkyl halides is 2. The highest BCUT2D eigenvalue weighted by atomic mass is 19.3. The lowest BCUT2D eigenvalue weighted by Gasteiger charge is -2.25. The van der Waals surface area contributed by atoms with Gasteiger partial charge in [-0.2, -0.15) is 0 Å². The normalized spacial score (nSPS) is 18.0. The van der Waals surface area contributed by atoms with Gasteiger partial charge in [-0.15, -0.1) is 0 Å². The maximum Gasteiger partial charge on any atom is 0.249 e. The molecule has 0 aromatic rings. The van der Waals surface area contributed by atoms with E-state index in [4.69, 9.17) is 5.73 Å². The predicted octanol–water partition coefficient (Wildman–Crippen LogP) is 1.97. The van der Waals surface area contributed by atoms with Crippen molar-refractivity contribution in [3.63, 3.8) is 0 Å². The average molecular weight is 272 g/mol. The average Bonchev–Trinajstić information content (AvgIpc) is 2.40. The van der Waals surface area contributed by atoms with E-state index in [1.165, 1.54) is 23.3 Å². The summed E-state index contributed by atoms with van der Waals surface area (Å²) < 4.78 is 26.1. The molecule has 2 N–H and O–H groups in total. The molecule has 4 nitrogen and oxygen atoms in total. The van der Waals surface area contributed by atoms with Crippen LogP contribution in [-0.4, -0.2) is 28.7 Å². The fourth-order valence-corrected chi connectivity index (χ4v) is 1.97. The van der Waals surface area contributed by atoms with Crippen LogP contribution < -0.4 is 5.73 Å². The van der Waals surface area contributed by atoms with E-state index in [1.54, 1.807) is 6.92 Å². The molecule has 0 saturated carbocycles. The third-order valence-corrected chi connectivity index (χ3v) is 2.78. The molecule has 0 saturated heterocycles. The molecule has 6 heteroatoms. The minimum atomic E-state index is -2.87. The highest BCUT2D eigenvalue weighted by Crippen LogP contribution is 2.25. The van der Waals surface area contributed by atoms with Gasteiger partial charge < -0.3 is 10.6 Å². The maximum absolute atomic E-state index is 13.0. The quantitative estimate of drug-likeness (QED) is 0.831. The van der Waals surface area contributed by atoms with E-state index in [9.17, 15) is 18.4 Å². The summed E-state index contributed by atoms with van der Waals surface area (Å²) in [6, 6.07) is -0.798. The van der Waals surface area contributed by atoms with Crippen molar-refractivity contribution >= 4 is 11.8 Å². The standard InChI is InChI=1S/C13H18F2N2O2/c1-3-10(12(16)19)17-8-9(7-13(2,14)15)5-4-6-11(17)18/h4-5,8,10H,3,6-7H2,1-2H3,(H2,16,19). The van der Waals surface area contributed by atoms with E-state index in [0.29, 0.717) is 12.0 Å². The molecule has 0 aromatic carbocycles. The van der Waals surface area contributed by atoms with E-state index >= 15 is 0 Å². The summed E-state index contributed by atoms with van der Waals surface area (Å²) in [5.41, 5.74) is 5.54. The second-order valence-corrected chi connectivity index (χ2v) is 4.68. The van der Waals surface area contributed by atoms with Crippen molar-refractivity contribution in [3.8, 4) is 0 Å². The molecular weight excluding hydrogens is 254 g/mol. The van der Waals surface area contributed by atoms with Crippen molar-refractivity contribution < 1.29 is 18.4 Å². The second-order valence-electron chi connectivity index (χ2n) is 4.68. The minimum absolute atomic E-state index is 0.0685. The number of rotatable bonds is 5. The van der Waals surface area contributed by atoms with Crippen LogP contribution in [0.15, 0.2) is 23.9 Å². The molecule has 19 heavy (non-hydrogen) atoms. The molecule has 0 aromatic heterocycles. The van der Waals surface area contributed by atoms with Gasteiger partial charge in [-0.05, 0) is 18.9 Å². The Kier molecular flexibility index (Phi) is 4.80. The lowest BCUT2D eigenvalue weighted by molar-refractivity contribution is -0.135. The summed E-state index contributed by atoms with van der Waals surface area (Å²) in [6.45, 7) is 2.52. The number of primary amides is 1. The van der Waals surface area contributed by atoms with Crippen LogP contribution in [0.3, 0.4) is 0 Å². The Balaban J connectivity index is 3.04. The predicted molar refractivity (Wildman–Crippen MR) is 67.2 cm³/mol. The Hall–Kier alpha value is -1.72. The van der Waals surface area contributed by atoms with Crippen LogP contribution in [0.5, 0.6) is 0 Å². The number of nitrogens with two attached hydrogens (primary N) is 1. The molecule has 106 valence electrons. The first kappa shape index (κ1) is 15.3. The van der Waals surface area contributed by atoms with E-state index in [1.807, 2.05) is 0 Å². The number of halogens is 2. The molecule has 1 aliphatic heterocycles. The molecule has 0 fully saturated rings. The maximum atomic E-state index is 13.0. The molecule has 2 amide bonds. The summed E-state index contributed by atoms with van der Waals surface area (Å²) in [5.74, 6) is -3.84. The van der Waals surface area contributed by atoms with Gasteiger partial charge in [-0.1, -0.05) is 19.1 Å². The molecule has 1 unspecified atom stereocenters. The Bertz CT molecular complexity index is 425. The second kappa shape index (κ2) is 5.95. The van der Waals surface area contributed by atoms with Gasteiger partial charge in [-0.3, -0.25) is 9.59 Å². The molecule has 0 bridgehead atoms. The number of carbonyl (C=O) groups is 2. The van der Waals surface area contributed by atoms with Gasteiger partial charge in [0.25, 0.3) is 0 Å². The first-order chi connectivity index (χ1) is 8.74. The molecule has 0 spiro atoms. The summed E-state index contributed by atoms with van der Waals surface area (Å²) in [7, 11) is 0. The van der Waals surface area contributed by atoms with Crippen molar-refractivity contribution in [1.29, 1.82) is 0 Å². The van der Waals surface area contributed by atoms with Gasteiger partial charge in [0, 0.05) is 19.0 Å². The van der Waals surface area contributed by atoms with Crippen LogP contribution in [0.1, 0.15) is 33.1 Å². The minimum Gasteiger partial charge on any atom is -0.368 e. The van der Waals surface area contributed by atoms with Gasteiger partial charge in [0.05, 0.1) is 0 Å². The summed E-state index contributed by atoms with van der Waals surface area (Å²) >= 11 is 0. The highest BCUT2D eigenvalue weighted by molar-refractivity contribution is 5.88. The summed E-state index contributed by atoms with van der Waals surface area (Å²) in [4.78, 5) is 24.3. The third-order valence-electron chi connectivity index (χ3n) is 2.78. The van der Waals surface area contributed by atoms with Crippen LogP contribution in [0, 0.1) is 0 Å². The molecule has 0 aliphatic carbocycles. The largest absolute Gasteiger partial charge is 0.368 e. The zero-order valence-electron chi connectivity index (χ0n) is 11.0. The van der Waals surface area contributed by atoms with Crippen molar-refractivity contribution in [2.75, 3.05) is 0 Å².